The molecular formula is C15H17ClO4. The smallest absolute Gasteiger partial charge is 0.338 e. The molecule has 2 fully saturated rings. The van der Waals surface area contributed by atoms with Crippen molar-refractivity contribution in [2.45, 2.75) is 50.1 Å². The molecule has 0 bridgehead atoms. The van der Waals surface area contributed by atoms with Crippen LogP contribution in [0, 0.1) is 0 Å². The highest BCUT2D eigenvalue weighted by atomic mass is 35.5. The van der Waals surface area contributed by atoms with Crippen molar-refractivity contribution in [3.05, 3.63) is 34.9 Å². The van der Waals surface area contributed by atoms with Crippen molar-refractivity contribution in [1.29, 1.82) is 0 Å². The number of hydrogen-bond donors (Lipinski definition) is 1. The largest absolute Gasteiger partial charge is 0.479 e. The van der Waals surface area contributed by atoms with Gasteiger partial charge >= 0.3 is 5.97 Å². The summed E-state index contributed by atoms with van der Waals surface area (Å²) in [6.07, 6.45) is 2.89. The van der Waals surface area contributed by atoms with Crippen molar-refractivity contribution in [2.75, 3.05) is 0 Å². The van der Waals surface area contributed by atoms with E-state index in [0.29, 0.717) is 5.02 Å². The molecule has 1 aromatic carbocycles. The molecule has 0 unspecified atom stereocenters. The van der Waals surface area contributed by atoms with Crippen molar-refractivity contribution in [3.63, 3.8) is 0 Å². The van der Waals surface area contributed by atoms with Crippen LogP contribution < -0.4 is 0 Å². The van der Waals surface area contributed by atoms with Gasteiger partial charge in [0, 0.05) is 17.9 Å². The van der Waals surface area contributed by atoms with E-state index in [0.717, 1.165) is 31.2 Å². The van der Waals surface area contributed by atoms with Crippen molar-refractivity contribution in [3.8, 4) is 0 Å². The fourth-order valence-electron chi connectivity index (χ4n) is 3.10. The second-order valence-electron chi connectivity index (χ2n) is 5.68. The average molecular weight is 297 g/mol. The van der Waals surface area contributed by atoms with Gasteiger partial charge in [-0.25, -0.2) is 4.79 Å². The average Bonchev–Trinajstić information content (AvgIpc) is 2.97. The molecule has 4 nitrogen and oxygen atoms in total. The second kappa shape index (κ2) is 4.72. The topological polar surface area (TPSA) is 55.8 Å². The molecule has 1 N–H and O–H groups in total. The highest BCUT2D eigenvalue weighted by Crippen LogP contribution is 2.52. The molecule has 1 saturated heterocycles. The number of carbonyl (C=O) groups is 1. The van der Waals surface area contributed by atoms with Crippen LogP contribution in [0.4, 0.5) is 0 Å². The Labute approximate surface area is 122 Å². The van der Waals surface area contributed by atoms with E-state index in [4.69, 9.17) is 21.1 Å². The van der Waals surface area contributed by atoms with Crippen LogP contribution in [0.2, 0.25) is 5.02 Å². The van der Waals surface area contributed by atoms with Crippen LogP contribution in [-0.4, -0.2) is 22.5 Å². The first-order chi connectivity index (χ1) is 9.45. The molecule has 1 spiro atoms. The number of halogens is 1. The highest BCUT2D eigenvalue weighted by molar-refractivity contribution is 6.30. The van der Waals surface area contributed by atoms with Crippen LogP contribution in [0.25, 0.3) is 0 Å². The molecule has 1 saturated carbocycles. The van der Waals surface area contributed by atoms with E-state index in [1.807, 2.05) is 0 Å². The van der Waals surface area contributed by atoms with Gasteiger partial charge < -0.3 is 14.6 Å². The van der Waals surface area contributed by atoms with Crippen LogP contribution >= 0.6 is 11.6 Å². The third-order valence-electron chi connectivity index (χ3n) is 4.19. The lowest BCUT2D eigenvalue weighted by Crippen LogP contribution is -2.41. The fraction of sp³-hybridized carbons (Fsp3) is 0.533. The first-order valence-corrected chi connectivity index (χ1v) is 7.20. The first kappa shape index (κ1) is 13.9. The Morgan fingerprint density at radius 2 is 1.90 bits per heavy atom. The molecule has 1 aliphatic carbocycles. The number of carboxylic acids is 1. The summed E-state index contributed by atoms with van der Waals surface area (Å²) in [4.78, 5) is 11.7. The molecule has 0 aromatic heterocycles. The van der Waals surface area contributed by atoms with Crippen molar-refractivity contribution >= 4 is 17.6 Å². The quantitative estimate of drug-likeness (QED) is 0.907. The molecule has 1 aliphatic heterocycles. The van der Waals surface area contributed by atoms with E-state index >= 15 is 0 Å². The van der Waals surface area contributed by atoms with Gasteiger partial charge in [-0.3, -0.25) is 0 Å². The third-order valence-corrected chi connectivity index (χ3v) is 4.45. The summed E-state index contributed by atoms with van der Waals surface area (Å²) in [5, 5.41) is 10.2. The Kier molecular flexibility index (Phi) is 3.27. The fourth-order valence-corrected chi connectivity index (χ4v) is 3.23. The Morgan fingerprint density at radius 1 is 1.30 bits per heavy atom. The van der Waals surface area contributed by atoms with E-state index in [2.05, 4.69) is 0 Å². The summed E-state index contributed by atoms with van der Waals surface area (Å²) < 4.78 is 12.0. The molecule has 0 radical (unpaired) electrons. The molecule has 0 amide bonds. The lowest BCUT2D eigenvalue weighted by Gasteiger charge is -2.25. The molecule has 5 heteroatoms. The molecular weight excluding hydrogens is 280 g/mol. The summed E-state index contributed by atoms with van der Waals surface area (Å²) in [5.74, 6) is -1.74. The summed E-state index contributed by atoms with van der Waals surface area (Å²) in [7, 11) is 0. The van der Waals surface area contributed by atoms with Crippen LogP contribution in [0.5, 0.6) is 0 Å². The van der Waals surface area contributed by atoms with Gasteiger partial charge in [-0.2, -0.15) is 0 Å². The zero-order chi connectivity index (χ0) is 14.4. The lowest BCUT2D eigenvalue weighted by molar-refractivity contribution is -0.194. The standard InChI is InChI=1S/C15H17ClO4/c1-14(13(17)18)12(10-4-6-11(16)7-5-10)19-15(20-14)8-2-3-9-15/h4-7,12H,2-3,8-9H2,1H3,(H,17,18)/t12-,14+/m0/s1. The summed E-state index contributed by atoms with van der Waals surface area (Å²) in [6.45, 7) is 1.58. The van der Waals surface area contributed by atoms with E-state index in [-0.39, 0.29) is 0 Å². The zero-order valence-corrected chi connectivity index (χ0v) is 12.0. The normalized spacial score (nSPS) is 31.8. The van der Waals surface area contributed by atoms with Gasteiger partial charge in [0.2, 0.25) is 0 Å². The number of carboxylic acid groups (broad SMARTS) is 1. The predicted molar refractivity (Wildman–Crippen MR) is 73.6 cm³/mol. The van der Waals surface area contributed by atoms with E-state index in [9.17, 15) is 9.90 Å². The number of hydrogen-bond acceptors (Lipinski definition) is 3. The molecule has 2 aliphatic rings. The summed E-state index contributed by atoms with van der Waals surface area (Å²) in [6, 6.07) is 7.07. The summed E-state index contributed by atoms with van der Waals surface area (Å²) in [5.41, 5.74) is -0.582. The SMILES string of the molecule is C[C@@]1(C(=O)O)OC2(CCCC2)O[C@H]1c1ccc(Cl)cc1. The van der Waals surface area contributed by atoms with Crippen LogP contribution in [0.15, 0.2) is 24.3 Å². The van der Waals surface area contributed by atoms with Gasteiger partial charge in [0.05, 0.1) is 0 Å². The van der Waals surface area contributed by atoms with E-state index in [1.165, 1.54) is 0 Å². The van der Waals surface area contributed by atoms with Gasteiger partial charge in [-0.05, 0) is 37.5 Å². The van der Waals surface area contributed by atoms with E-state index < -0.39 is 23.5 Å². The molecule has 2 atom stereocenters. The number of rotatable bonds is 2. The van der Waals surface area contributed by atoms with E-state index in [1.54, 1.807) is 31.2 Å². The van der Waals surface area contributed by atoms with Crippen molar-refractivity contribution < 1.29 is 19.4 Å². The van der Waals surface area contributed by atoms with Crippen LogP contribution in [0.1, 0.15) is 44.3 Å². The van der Waals surface area contributed by atoms with Gasteiger partial charge in [0.1, 0.15) is 6.10 Å². The van der Waals surface area contributed by atoms with Crippen molar-refractivity contribution in [2.24, 2.45) is 0 Å². The second-order valence-corrected chi connectivity index (χ2v) is 6.12. The minimum atomic E-state index is -1.36. The van der Waals surface area contributed by atoms with Gasteiger partial charge in [0.25, 0.3) is 0 Å². The first-order valence-electron chi connectivity index (χ1n) is 6.82. The lowest BCUT2D eigenvalue weighted by atomic mass is 9.93. The Morgan fingerprint density at radius 3 is 2.45 bits per heavy atom. The molecule has 3 rings (SSSR count). The maximum absolute atomic E-state index is 11.7. The molecule has 108 valence electrons. The van der Waals surface area contributed by atoms with Crippen LogP contribution in [-0.2, 0) is 14.3 Å². The molecule has 1 aromatic rings. The van der Waals surface area contributed by atoms with Crippen LogP contribution in [0.3, 0.4) is 0 Å². The summed E-state index contributed by atoms with van der Waals surface area (Å²) >= 11 is 5.88. The Balaban J connectivity index is 1.98. The predicted octanol–water partition coefficient (Wildman–Crippen LogP) is 3.54. The number of aliphatic carboxylic acids is 1. The van der Waals surface area contributed by atoms with Gasteiger partial charge in [-0.1, -0.05) is 23.7 Å². The Bertz CT molecular complexity index is 521. The zero-order valence-electron chi connectivity index (χ0n) is 11.3. The molecule has 1 heterocycles. The Hall–Kier alpha value is -1.10. The number of benzene rings is 1. The van der Waals surface area contributed by atoms with Gasteiger partial charge in [-0.15, -0.1) is 0 Å². The molecule has 20 heavy (non-hydrogen) atoms. The maximum atomic E-state index is 11.7. The third kappa shape index (κ3) is 2.12. The highest BCUT2D eigenvalue weighted by Gasteiger charge is 2.60. The van der Waals surface area contributed by atoms with Crippen molar-refractivity contribution in [1.82, 2.24) is 0 Å². The maximum Gasteiger partial charge on any atom is 0.338 e. The minimum Gasteiger partial charge on any atom is -0.479 e. The minimum absolute atomic E-state index is 0.611. The monoisotopic (exact) mass is 296 g/mol. The number of ether oxygens (including phenoxy) is 2. The van der Waals surface area contributed by atoms with Gasteiger partial charge in [0.15, 0.2) is 11.4 Å².